The number of amides is 1. The number of halogens is 2. The van der Waals surface area contributed by atoms with Crippen LogP contribution in [0.2, 0.25) is 5.02 Å². The van der Waals surface area contributed by atoms with Gasteiger partial charge in [-0.05, 0) is 72.8 Å². The molecule has 172 valence electrons. The highest BCUT2D eigenvalue weighted by atomic mass is 79.9. The molecule has 4 rings (SSSR count). The van der Waals surface area contributed by atoms with Gasteiger partial charge in [0.1, 0.15) is 17.9 Å². The topological polar surface area (TPSA) is 62.2 Å². The maximum Gasteiger partial charge on any atom is 0.410 e. The number of carbonyl (C=O) groups is 2. The monoisotopic (exact) mass is 521 g/mol. The highest BCUT2D eigenvalue weighted by molar-refractivity contribution is 9.12. The predicted octanol–water partition coefficient (Wildman–Crippen LogP) is 4.80. The van der Waals surface area contributed by atoms with Crippen LogP contribution >= 0.6 is 27.5 Å². The van der Waals surface area contributed by atoms with Crippen LogP contribution in [0, 0.1) is 5.92 Å². The van der Waals surface area contributed by atoms with Gasteiger partial charge in [0.2, 0.25) is 0 Å². The van der Waals surface area contributed by atoms with Crippen molar-refractivity contribution in [2.45, 2.75) is 57.3 Å². The van der Waals surface area contributed by atoms with E-state index in [1.165, 1.54) is 11.1 Å². The van der Waals surface area contributed by atoms with E-state index in [0.29, 0.717) is 19.6 Å². The second kappa shape index (κ2) is 9.27. The number of dihydropyridines is 1. The van der Waals surface area contributed by atoms with E-state index in [2.05, 4.69) is 39.0 Å². The molecule has 1 aromatic carbocycles. The lowest BCUT2D eigenvalue weighted by Gasteiger charge is -2.45. The van der Waals surface area contributed by atoms with Gasteiger partial charge in [-0.15, -0.1) is 0 Å². The maximum atomic E-state index is 12.7. The van der Waals surface area contributed by atoms with Gasteiger partial charge in [0.05, 0.1) is 12.1 Å². The van der Waals surface area contributed by atoms with Gasteiger partial charge < -0.3 is 9.53 Å². The highest BCUT2D eigenvalue weighted by Crippen LogP contribution is 2.42. The summed E-state index contributed by atoms with van der Waals surface area (Å²) in [6.07, 6.45) is 6.44. The van der Waals surface area contributed by atoms with Crippen LogP contribution in [0.5, 0.6) is 0 Å². The minimum Gasteiger partial charge on any atom is -0.444 e. The molecule has 1 amide bonds. The minimum atomic E-state index is -0.606. The number of carbonyl (C=O) groups excluding carboxylic acids is 2. The molecule has 1 aliphatic carbocycles. The average molecular weight is 523 g/mol. The van der Waals surface area contributed by atoms with Crippen molar-refractivity contribution in [3.8, 4) is 0 Å². The molecule has 1 fully saturated rings. The standard InChI is InChI=1S/C24H29BrClN3O3/c1-24(2,3)32-23(31)29-9-8-28(13-19(29)14-30)22-20-7-6-18(26)11-15(20)4-5-16-10-17(25)12-27-21(16)22/h6-7,10-12,14,16,19,21-22H,4-5,8-9,13H2,1-3H3/t16?,19-,21?,22?/m1/s1. The van der Waals surface area contributed by atoms with Gasteiger partial charge in [0, 0.05) is 41.3 Å². The van der Waals surface area contributed by atoms with Crippen LogP contribution in [-0.4, -0.2) is 65.7 Å². The van der Waals surface area contributed by atoms with Crippen LogP contribution in [-0.2, 0) is 16.0 Å². The number of allylic oxidation sites excluding steroid dienone is 1. The molecule has 0 saturated carbocycles. The molecule has 8 heteroatoms. The summed E-state index contributed by atoms with van der Waals surface area (Å²) in [6, 6.07) is 5.57. The van der Waals surface area contributed by atoms with Gasteiger partial charge in [-0.2, -0.15) is 0 Å². The molecule has 3 unspecified atom stereocenters. The normalized spacial score (nSPS) is 28.3. The zero-order valence-electron chi connectivity index (χ0n) is 18.6. The second-order valence-corrected chi connectivity index (χ2v) is 11.0. The first-order valence-electron chi connectivity index (χ1n) is 11.0. The number of piperazine rings is 1. The van der Waals surface area contributed by atoms with Crippen LogP contribution in [0.15, 0.2) is 33.7 Å². The van der Waals surface area contributed by atoms with Crippen LogP contribution < -0.4 is 0 Å². The Bertz CT molecular complexity index is 958. The summed E-state index contributed by atoms with van der Waals surface area (Å²) in [6.45, 7) is 7.00. The lowest BCUT2D eigenvalue weighted by Crippen LogP contribution is -2.58. The molecule has 4 atom stereocenters. The van der Waals surface area contributed by atoms with Gasteiger partial charge in [0.15, 0.2) is 0 Å². The third-order valence-electron chi connectivity index (χ3n) is 6.30. The molecule has 0 radical (unpaired) electrons. The second-order valence-electron chi connectivity index (χ2n) is 9.68. The largest absolute Gasteiger partial charge is 0.444 e. The Morgan fingerprint density at radius 1 is 1.31 bits per heavy atom. The fourth-order valence-electron chi connectivity index (χ4n) is 4.93. The summed E-state index contributed by atoms with van der Waals surface area (Å²) in [5, 5.41) is 0.730. The van der Waals surface area contributed by atoms with Crippen molar-refractivity contribution in [3.63, 3.8) is 0 Å². The molecule has 0 N–H and O–H groups in total. The molecule has 6 nitrogen and oxygen atoms in total. The molecule has 2 heterocycles. The molecular weight excluding hydrogens is 494 g/mol. The molecule has 3 aliphatic rings. The van der Waals surface area contributed by atoms with Gasteiger partial charge in [-0.1, -0.05) is 23.7 Å². The molecule has 1 aromatic rings. The van der Waals surface area contributed by atoms with Gasteiger partial charge >= 0.3 is 6.09 Å². The number of ether oxygens (including phenoxy) is 1. The number of aliphatic imine (C=N–C) groups is 1. The Morgan fingerprint density at radius 2 is 2.09 bits per heavy atom. The van der Waals surface area contributed by atoms with E-state index in [-0.39, 0.29) is 18.0 Å². The molecule has 32 heavy (non-hydrogen) atoms. The maximum absolute atomic E-state index is 12.7. The van der Waals surface area contributed by atoms with E-state index in [0.717, 1.165) is 28.6 Å². The van der Waals surface area contributed by atoms with Crippen LogP contribution in [0.25, 0.3) is 0 Å². The molecule has 0 aromatic heterocycles. The highest BCUT2D eigenvalue weighted by Gasteiger charge is 2.42. The summed E-state index contributed by atoms with van der Waals surface area (Å²) in [4.78, 5) is 33.5. The Morgan fingerprint density at radius 3 is 2.81 bits per heavy atom. The fourth-order valence-corrected chi connectivity index (χ4v) is 5.58. The summed E-state index contributed by atoms with van der Waals surface area (Å²) >= 11 is 9.90. The van der Waals surface area contributed by atoms with E-state index in [9.17, 15) is 9.59 Å². The Balaban J connectivity index is 1.64. The lowest BCUT2D eigenvalue weighted by atomic mass is 9.87. The number of aryl methyl sites for hydroxylation is 1. The van der Waals surface area contributed by atoms with Crippen molar-refractivity contribution in [2.75, 3.05) is 19.6 Å². The lowest BCUT2D eigenvalue weighted by molar-refractivity contribution is -0.115. The Labute approximate surface area is 202 Å². The van der Waals surface area contributed by atoms with Crippen molar-refractivity contribution in [3.05, 3.63) is 44.9 Å². The Kier molecular flexibility index (Phi) is 6.80. The summed E-state index contributed by atoms with van der Waals surface area (Å²) in [5.41, 5.74) is 1.83. The number of nitrogens with zero attached hydrogens (tertiary/aromatic N) is 3. The summed E-state index contributed by atoms with van der Waals surface area (Å²) < 4.78 is 6.54. The number of hydrogen-bond donors (Lipinski definition) is 0. The third kappa shape index (κ3) is 4.95. The van der Waals surface area contributed by atoms with E-state index in [4.69, 9.17) is 21.3 Å². The number of hydrogen-bond acceptors (Lipinski definition) is 5. The van der Waals surface area contributed by atoms with E-state index < -0.39 is 17.7 Å². The number of fused-ring (bicyclic) bond motifs is 2. The first-order valence-corrected chi connectivity index (χ1v) is 12.2. The zero-order chi connectivity index (χ0) is 23.0. The summed E-state index contributed by atoms with van der Waals surface area (Å²) in [5.74, 6) is 0.282. The van der Waals surface area contributed by atoms with Crippen LogP contribution in [0.4, 0.5) is 4.79 Å². The van der Waals surface area contributed by atoms with Crippen LogP contribution in [0.3, 0.4) is 0 Å². The number of benzene rings is 1. The average Bonchev–Trinajstić information content (AvgIpc) is 2.88. The third-order valence-corrected chi connectivity index (χ3v) is 7.01. The van der Waals surface area contributed by atoms with Gasteiger partial charge in [-0.3, -0.25) is 14.8 Å². The van der Waals surface area contributed by atoms with E-state index >= 15 is 0 Å². The van der Waals surface area contributed by atoms with E-state index in [1.54, 1.807) is 4.90 Å². The van der Waals surface area contributed by atoms with Crippen LogP contribution in [0.1, 0.15) is 44.4 Å². The zero-order valence-corrected chi connectivity index (χ0v) is 21.0. The van der Waals surface area contributed by atoms with Crippen molar-refractivity contribution in [1.29, 1.82) is 0 Å². The minimum absolute atomic E-state index is 0.00565. The van der Waals surface area contributed by atoms with Crippen molar-refractivity contribution < 1.29 is 14.3 Å². The molecule has 1 saturated heterocycles. The molecule has 0 bridgehead atoms. The van der Waals surface area contributed by atoms with Crippen molar-refractivity contribution in [1.82, 2.24) is 9.80 Å². The first kappa shape index (κ1) is 23.5. The van der Waals surface area contributed by atoms with Crippen molar-refractivity contribution in [2.24, 2.45) is 10.9 Å². The van der Waals surface area contributed by atoms with Gasteiger partial charge in [-0.25, -0.2) is 4.79 Å². The molecule has 2 aliphatic heterocycles. The fraction of sp³-hybridized carbons (Fsp3) is 0.542. The first-order chi connectivity index (χ1) is 15.2. The molecular formula is C24H29BrClN3O3. The predicted molar refractivity (Wildman–Crippen MR) is 130 cm³/mol. The van der Waals surface area contributed by atoms with E-state index in [1.807, 2.05) is 33.1 Å². The smallest absolute Gasteiger partial charge is 0.410 e. The SMILES string of the molecule is CC(C)(C)OC(=O)N1CCN(C2c3ccc(Cl)cc3CCC3C=C(Br)C=NC32)C[C@@H]1C=O. The van der Waals surface area contributed by atoms with Gasteiger partial charge in [0.25, 0.3) is 0 Å². The molecule has 0 spiro atoms. The Hall–Kier alpha value is -1.70. The summed E-state index contributed by atoms with van der Waals surface area (Å²) in [7, 11) is 0. The quantitative estimate of drug-likeness (QED) is 0.524. The number of rotatable bonds is 2. The van der Waals surface area contributed by atoms with Crippen molar-refractivity contribution >= 4 is 46.1 Å². The number of aldehydes is 1.